The maximum absolute atomic E-state index is 13.1. The van der Waals surface area contributed by atoms with Gasteiger partial charge in [-0.05, 0) is 62.7 Å². The topological polar surface area (TPSA) is 144 Å². The largest absolute Gasteiger partial charge is 0.489 e. The second-order valence-electron chi connectivity index (χ2n) is 11.8. The average Bonchev–Trinajstić information content (AvgIpc) is 3.57. The van der Waals surface area contributed by atoms with Crippen molar-refractivity contribution < 1.29 is 43.9 Å². The van der Waals surface area contributed by atoms with Crippen molar-refractivity contribution in [2.45, 2.75) is 89.1 Å². The average molecular weight is 676 g/mol. The van der Waals surface area contributed by atoms with Gasteiger partial charge in [0.25, 0.3) is 5.91 Å². The number of carbonyl (C=O) groups is 2. The maximum atomic E-state index is 13.1. The molecule has 0 aromatic heterocycles. The molecule has 0 radical (unpaired) electrons. The van der Waals surface area contributed by atoms with Crippen LogP contribution >= 0.6 is 0 Å². The van der Waals surface area contributed by atoms with Crippen LogP contribution in [-0.2, 0) is 9.53 Å². The van der Waals surface area contributed by atoms with E-state index in [2.05, 4.69) is 73.0 Å². The third-order valence-corrected chi connectivity index (χ3v) is 8.08. The molecule has 264 valence electrons. The number of hydrogen-bond donors (Lipinski definition) is 4. The van der Waals surface area contributed by atoms with Crippen molar-refractivity contribution in [3.8, 4) is 17.2 Å². The fourth-order valence-electron chi connectivity index (χ4n) is 5.54. The van der Waals surface area contributed by atoms with Crippen molar-refractivity contribution in [3.63, 3.8) is 0 Å². The summed E-state index contributed by atoms with van der Waals surface area (Å²) in [5, 5.41) is 33.5. The van der Waals surface area contributed by atoms with Gasteiger partial charge in [-0.1, -0.05) is 79.8 Å². The number of allylic oxidation sites excluding steroid dienone is 12. The normalized spacial score (nSPS) is 21.7. The summed E-state index contributed by atoms with van der Waals surface area (Å²) in [6.45, 7) is 2.36. The van der Waals surface area contributed by atoms with Crippen LogP contribution in [0, 0.1) is 0 Å². The lowest BCUT2D eigenvalue weighted by Crippen LogP contribution is -2.57. The Hall–Kier alpha value is -4.38. The highest BCUT2D eigenvalue weighted by Gasteiger charge is 2.45. The van der Waals surface area contributed by atoms with E-state index in [0.29, 0.717) is 29.7 Å². The molecular weight excluding hydrogens is 626 g/mol. The van der Waals surface area contributed by atoms with Crippen molar-refractivity contribution in [3.05, 3.63) is 96.2 Å². The Bertz CT molecular complexity index is 1470. The van der Waals surface area contributed by atoms with Crippen LogP contribution in [0.25, 0.3) is 5.57 Å². The fourth-order valence-corrected chi connectivity index (χ4v) is 5.54. The van der Waals surface area contributed by atoms with E-state index in [0.717, 1.165) is 38.5 Å². The number of fused-ring (bicyclic) bond motifs is 4. The molecule has 4 atom stereocenters. The molecule has 1 aromatic rings. The minimum Gasteiger partial charge on any atom is -0.489 e. The number of esters is 1. The predicted molar refractivity (Wildman–Crippen MR) is 188 cm³/mol. The zero-order valence-electron chi connectivity index (χ0n) is 28.2. The van der Waals surface area contributed by atoms with Crippen LogP contribution in [0.5, 0.6) is 17.2 Å². The highest BCUT2D eigenvalue weighted by Crippen LogP contribution is 2.49. The third kappa shape index (κ3) is 11.1. The van der Waals surface area contributed by atoms with E-state index in [4.69, 9.17) is 18.9 Å². The summed E-state index contributed by atoms with van der Waals surface area (Å²) in [7, 11) is 0. The zero-order chi connectivity index (χ0) is 34.8. The molecule has 1 aliphatic carbocycles. The van der Waals surface area contributed by atoms with E-state index in [1.807, 2.05) is 12.2 Å². The van der Waals surface area contributed by atoms with E-state index < -0.39 is 30.3 Å². The molecule has 2 heterocycles. The van der Waals surface area contributed by atoms with Gasteiger partial charge in [0.2, 0.25) is 12.5 Å². The minimum atomic E-state index is -1.44. The molecule has 1 aromatic carbocycles. The van der Waals surface area contributed by atoms with Gasteiger partial charge in [-0.15, -0.1) is 0 Å². The number of hydrogen-bond acceptors (Lipinski definition) is 9. The summed E-state index contributed by atoms with van der Waals surface area (Å²) in [6, 6.07) is 0.706. The zero-order valence-corrected chi connectivity index (χ0v) is 28.2. The predicted octanol–water partition coefficient (Wildman–Crippen LogP) is 5.80. The van der Waals surface area contributed by atoms with E-state index in [1.165, 1.54) is 6.08 Å². The first-order valence-electron chi connectivity index (χ1n) is 17.1. The van der Waals surface area contributed by atoms with Gasteiger partial charge < -0.3 is 39.6 Å². The highest BCUT2D eigenvalue weighted by atomic mass is 16.7. The number of carbonyl (C=O) groups excluding carboxylic acids is 2. The van der Waals surface area contributed by atoms with E-state index >= 15 is 0 Å². The van der Waals surface area contributed by atoms with Crippen LogP contribution < -0.4 is 19.5 Å². The number of aliphatic hydroxyl groups is 3. The first kappa shape index (κ1) is 37.4. The number of ether oxygens (including phenoxy) is 4. The Labute approximate surface area is 288 Å². The first-order chi connectivity index (χ1) is 23.9. The summed E-state index contributed by atoms with van der Waals surface area (Å²) in [6.07, 6.45) is 29.9. The summed E-state index contributed by atoms with van der Waals surface area (Å²) in [4.78, 5) is 25.3. The van der Waals surface area contributed by atoms with Crippen molar-refractivity contribution in [1.29, 1.82) is 0 Å². The van der Waals surface area contributed by atoms with Crippen molar-refractivity contribution in [2.24, 2.45) is 0 Å². The standard InChI is InChI=1S/C39H49NO9/c1-2-3-4-5-6-7-8-9-10-11-12-13-14-15-16-17-18-19-20-22-32(42)46-23-21-24-47-38-33-28(26-31-37(38)49-27-48-31)29-25-30(41)35(43)36(44)34(29)40-39(33)45/h3-4,6-7,9-10,12-13,15-16,18-19,25-26,30,34-36,41,43-44H,2,5,8,11,14,17,20-24,27H2,1H3,(H,40,45)/b4-3-,7-6-,10-9-,13-12-,16-15-,19-18-/t30-,34+,35+,36-/m0/s1. The third-order valence-electron chi connectivity index (χ3n) is 8.08. The SMILES string of the molecule is CC/C=C\C/C=C\C/C=C\C/C=C\C/C=C\C/C=C\CCC(=O)OCCCOc1c2c(cc3c1C(=O)N[C@@H]1C3=C[C@H](O)[C@@H](O)[C@H]1O)OCO2. The van der Waals surface area contributed by atoms with Crippen LogP contribution in [-0.4, -0.2) is 71.6 Å². The number of aliphatic hydroxyl groups excluding tert-OH is 3. The molecule has 2 aliphatic heterocycles. The maximum Gasteiger partial charge on any atom is 0.306 e. The molecule has 1 amide bonds. The Morgan fingerprint density at radius 3 is 2.10 bits per heavy atom. The highest BCUT2D eigenvalue weighted by molar-refractivity contribution is 6.07. The van der Waals surface area contributed by atoms with Gasteiger partial charge in [0, 0.05) is 18.4 Å². The molecular formula is C39H49NO9. The lowest BCUT2D eigenvalue weighted by Gasteiger charge is -2.39. The van der Waals surface area contributed by atoms with Crippen molar-refractivity contribution >= 4 is 17.4 Å². The monoisotopic (exact) mass is 675 g/mol. The van der Waals surface area contributed by atoms with Gasteiger partial charge in [0.1, 0.15) is 18.3 Å². The van der Waals surface area contributed by atoms with E-state index in [-0.39, 0.29) is 49.5 Å². The Morgan fingerprint density at radius 1 is 0.857 bits per heavy atom. The van der Waals surface area contributed by atoms with Gasteiger partial charge in [-0.25, -0.2) is 0 Å². The molecule has 0 unspecified atom stereocenters. The molecule has 3 aliphatic rings. The van der Waals surface area contributed by atoms with Gasteiger partial charge in [0.15, 0.2) is 11.5 Å². The lowest BCUT2D eigenvalue weighted by atomic mass is 9.79. The molecule has 0 fully saturated rings. The number of benzene rings is 1. The molecule has 0 bridgehead atoms. The van der Waals surface area contributed by atoms with Gasteiger partial charge in [-0.2, -0.15) is 0 Å². The van der Waals surface area contributed by atoms with Crippen LogP contribution in [0.4, 0.5) is 0 Å². The second kappa shape index (κ2) is 20.2. The number of amides is 1. The van der Waals surface area contributed by atoms with E-state index in [9.17, 15) is 24.9 Å². The molecule has 4 N–H and O–H groups in total. The van der Waals surface area contributed by atoms with Crippen LogP contribution in [0.3, 0.4) is 0 Å². The Kier molecular flexibility index (Phi) is 15.4. The number of rotatable bonds is 19. The molecule has 10 nitrogen and oxygen atoms in total. The Balaban J connectivity index is 1.10. The summed E-state index contributed by atoms with van der Waals surface area (Å²) < 4.78 is 22.4. The van der Waals surface area contributed by atoms with Crippen LogP contribution in [0.1, 0.15) is 80.6 Å². The smallest absolute Gasteiger partial charge is 0.306 e. The fraction of sp³-hybridized carbons (Fsp3) is 0.436. The first-order valence-corrected chi connectivity index (χ1v) is 17.1. The minimum absolute atomic E-state index is 0.0585. The van der Waals surface area contributed by atoms with Crippen LogP contribution in [0.2, 0.25) is 0 Å². The van der Waals surface area contributed by atoms with E-state index in [1.54, 1.807) is 6.07 Å². The molecule has 0 saturated carbocycles. The molecule has 10 heteroatoms. The van der Waals surface area contributed by atoms with Gasteiger partial charge in [-0.3, -0.25) is 9.59 Å². The molecule has 49 heavy (non-hydrogen) atoms. The van der Waals surface area contributed by atoms with Crippen molar-refractivity contribution in [1.82, 2.24) is 5.32 Å². The number of nitrogens with one attached hydrogen (secondary N) is 1. The molecule has 0 spiro atoms. The molecule has 4 rings (SSSR count). The van der Waals surface area contributed by atoms with Crippen LogP contribution in [0.15, 0.2) is 85.1 Å². The second-order valence-corrected chi connectivity index (χ2v) is 11.8. The molecule has 0 saturated heterocycles. The summed E-state index contributed by atoms with van der Waals surface area (Å²) in [5.41, 5.74) is 1.04. The van der Waals surface area contributed by atoms with Gasteiger partial charge >= 0.3 is 5.97 Å². The quantitative estimate of drug-likeness (QED) is 0.0813. The summed E-state index contributed by atoms with van der Waals surface area (Å²) >= 11 is 0. The van der Waals surface area contributed by atoms with Gasteiger partial charge in [0.05, 0.1) is 24.8 Å². The van der Waals surface area contributed by atoms with Crippen molar-refractivity contribution in [2.75, 3.05) is 20.0 Å². The summed E-state index contributed by atoms with van der Waals surface area (Å²) in [5.74, 6) is -0.0182. The lowest BCUT2D eigenvalue weighted by molar-refractivity contribution is -0.143. The Morgan fingerprint density at radius 2 is 1.47 bits per heavy atom.